The first-order valence-corrected chi connectivity index (χ1v) is 8.27. The average molecular weight is 336 g/mol. The standard InChI is InChI=1S/C18H28N2O4/c1-12(2)11-15(17(21)22)20-18(23)19-9-6-10-24-16-13(3)7-5-8-14(16)4/h5,7-8,12,15H,6,9-11H2,1-4H3,(H,21,22)(H2,19,20,23). The highest BCUT2D eigenvalue weighted by molar-refractivity contribution is 5.82. The molecular weight excluding hydrogens is 308 g/mol. The van der Waals surface area contributed by atoms with Crippen molar-refractivity contribution in [2.45, 2.75) is 46.6 Å². The molecule has 24 heavy (non-hydrogen) atoms. The van der Waals surface area contributed by atoms with E-state index in [4.69, 9.17) is 9.84 Å². The molecule has 0 aliphatic rings. The van der Waals surface area contributed by atoms with E-state index in [2.05, 4.69) is 10.6 Å². The van der Waals surface area contributed by atoms with E-state index in [1.165, 1.54) is 0 Å². The summed E-state index contributed by atoms with van der Waals surface area (Å²) in [4.78, 5) is 22.9. The van der Waals surface area contributed by atoms with E-state index < -0.39 is 18.0 Å². The van der Waals surface area contributed by atoms with Crippen LogP contribution in [0.1, 0.15) is 37.8 Å². The van der Waals surface area contributed by atoms with Gasteiger partial charge in [0.15, 0.2) is 0 Å². The van der Waals surface area contributed by atoms with Crippen LogP contribution in [0.4, 0.5) is 4.79 Å². The summed E-state index contributed by atoms with van der Waals surface area (Å²) in [5, 5.41) is 14.2. The Morgan fingerprint density at radius 1 is 1.21 bits per heavy atom. The topological polar surface area (TPSA) is 87.7 Å². The molecule has 1 aromatic rings. The molecule has 6 nitrogen and oxygen atoms in total. The second-order valence-electron chi connectivity index (χ2n) is 6.34. The van der Waals surface area contributed by atoms with E-state index in [1.807, 2.05) is 45.9 Å². The zero-order valence-electron chi connectivity index (χ0n) is 14.9. The van der Waals surface area contributed by atoms with Gasteiger partial charge in [0.2, 0.25) is 0 Å². The van der Waals surface area contributed by atoms with Crippen molar-refractivity contribution in [1.82, 2.24) is 10.6 Å². The van der Waals surface area contributed by atoms with E-state index >= 15 is 0 Å². The van der Waals surface area contributed by atoms with E-state index in [-0.39, 0.29) is 5.92 Å². The number of carboxylic acid groups (broad SMARTS) is 1. The third-order valence-corrected chi connectivity index (χ3v) is 3.57. The Balaban J connectivity index is 2.29. The molecule has 0 aliphatic heterocycles. The second-order valence-corrected chi connectivity index (χ2v) is 6.34. The lowest BCUT2D eigenvalue weighted by molar-refractivity contribution is -0.139. The van der Waals surface area contributed by atoms with Gasteiger partial charge in [-0.2, -0.15) is 0 Å². The highest BCUT2D eigenvalue weighted by atomic mass is 16.5. The number of hydrogen-bond donors (Lipinski definition) is 3. The highest BCUT2D eigenvalue weighted by Crippen LogP contribution is 2.22. The number of ether oxygens (including phenoxy) is 1. The Morgan fingerprint density at radius 3 is 2.38 bits per heavy atom. The summed E-state index contributed by atoms with van der Waals surface area (Å²) in [7, 11) is 0. The SMILES string of the molecule is Cc1cccc(C)c1OCCCNC(=O)NC(CC(C)C)C(=O)O. The number of carboxylic acids is 1. The Bertz CT molecular complexity index is 538. The zero-order chi connectivity index (χ0) is 18.1. The lowest BCUT2D eigenvalue weighted by Crippen LogP contribution is -2.46. The molecule has 0 fully saturated rings. The first kappa shape index (κ1) is 19.8. The van der Waals surface area contributed by atoms with E-state index in [0.717, 1.165) is 16.9 Å². The number of carbonyl (C=O) groups excluding carboxylic acids is 1. The number of carbonyl (C=O) groups is 2. The molecule has 0 aromatic heterocycles. The number of benzene rings is 1. The summed E-state index contributed by atoms with van der Waals surface area (Å²) in [5.41, 5.74) is 2.16. The Morgan fingerprint density at radius 2 is 1.83 bits per heavy atom. The number of nitrogens with one attached hydrogen (secondary N) is 2. The monoisotopic (exact) mass is 336 g/mol. The average Bonchev–Trinajstić information content (AvgIpc) is 2.48. The van der Waals surface area contributed by atoms with Crippen molar-refractivity contribution in [1.29, 1.82) is 0 Å². The van der Waals surface area contributed by atoms with E-state index in [9.17, 15) is 9.59 Å². The number of rotatable bonds is 9. The van der Waals surface area contributed by atoms with Crippen LogP contribution in [0.25, 0.3) is 0 Å². The van der Waals surface area contributed by atoms with Crippen LogP contribution in [-0.4, -0.2) is 36.3 Å². The quantitative estimate of drug-likeness (QED) is 0.605. The van der Waals surface area contributed by atoms with Crippen molar-refractivity contribution in [2.75, 3.05) is 13.2 Å². The number of urea groups is 1. The summed E-state index contributed by atoms with van der Waals surface area (Å²) in [6, 6.07) is 4.65. The van der Waals surface area contributed by atoms with E-state index in [1.54, 1.807) is 0 Å². The maximum Gasteiger partial charge on any atom is 0.326 e. The molecule has 0 aliphatic carbocycles. The van der Waals surface area contributed by atoms with Crippen molar-refractivity contribution in [3.8, 4) is 5.75 Å². The van der Waals surface area contributed by atoms with Gasteiger partial charge >= 0.3 is 12.0 Å². The van der Waals surface area contributed by atoms with Crippen LogP contribution in [0.2, 0.25) is 0 Å². The molecule has 1 atom stereocenters. The molecule has 0 saturated heterocycles. The first-order valence-electron chi connectivity index (χ1n) is 8.27. The summed E-state index contributed by atoms with van der Waals surface area (Å²) >= 11 is 0. The summed E-state index contributed by atoms with van der Waals surface area (Å²) in [6.07, 6.45) is 1.04. The molecule has 0 radical (unpaired) electrons. The Hall–Kier alpha value is -2.24. The molecule has 3 N–H and O–H groups in total. The summed E-state index contributed by atoms with van der Waals surface area (Å²) in [5.74, 6) is 0.0548. The van der Waals surface area contributed by atoms with Crippen molar-refractivity contribution in [3.05, 3.63) is 29.3 Å². The van der Waals surface area contributed by atoms with Gasteiger partial charge in [-0.3, -0.25) is 0 Å². The number of amides is 2. The number of para-hydroxylation sites is 1. The lowest BCUT2D eigenvalue weighted by Gasteiger charge is -2.17. The largest absolute Gasteiger partial charge is 0.493 e. The van der Waals surface area contributed by atoms with Crippen LogP contribution in [0, 0.1) is 19.8 Å². The van der Waals surface area contributed by atoms with Gasteiger partial charge in [-0.25, -0.2) is 9.59 Å². The van der Waals surface area contributed by atoms with Crippen molar-refractivity contribution in [3.63, 3.8) is 0 Å². The number of aliphatic carboxylic acids is 1. The van der Waals surface area contributed by atoms with Crippen molar-refractivity contribution >= 4 is 12.0 Å². The minimum atomic E-state index is -1.02. The molecule has 0 saturated carbocycles. The molecule has 1 aromatic carbocycles. The van der Waals surface area contributed by atoms with Crippen molar-refractivity contribution in [2.24, 2.45) is 5.92 Å². The molecule has 1 rings (SSSR count). The molecule has 6 heteroatoms. The normalized spacial score (nSPS) is 11.9. The van der Waals surface area contributed by atoms with Gasteiger partial charge in [0.25, 0.3) is 0 Å². The molecule has 0 heterocycles. The fourth-order valence-corrected chi connectivity index (χ4v) is 2.38. The van der Waals surface area contributed by atoms with Gasteiger partial charge < -0.3 is 20.5 Å². The van der Waals surface area contributed by atoms with Crippen molar-refractivity contribution < 1.29 is 19.4 Å². The molecule has 0 bridgehead atoms. The van der Waals surface area contributed by atoms with Crippen LogP contribution in [0.15, 0.2) is 18.2 Å². The molecule has 2 amide bonds. The maximum absolute atomic E-state index is 11.8. The number of hydrogen-bond acceptors (Lipinski definition) is 3. The minimum Gasteiger partial charge on any atom is -0.493 e. The molecule has 134 valence electrons. The smallest absolute Gasteiger partial charge is 0.326 e. The van der Waals surface area contributed by atoms with Crippen LogP contribution in [0.3, 0.4) is 0 Å². The Kier molecular flexibility index (Phi) is 8.09. The summed E-state index contributed by atoms with van der Waals surface area (Å²) in [6.45, 7) is 8.73. The van der Waals surface area contributed by atoms with Crippen LogP contribution < -0.4 is 15.4 Å². The van der Waals surface area contributed by atoms with Gasteiger partial charge in [0.1, 0.15) is 11.8 Å². The second kappa shape index (κ2) is 9.80. The van der Waals surface area contributed by atoms with Gasteiger partial charge in [-0.1, -0.05) is 32.0 Å². The zero-order valence-corrected chi connectivity index (χ0v) is 14.9. The van der Waals surface area contributed by atoms with Gasteiger partial charge in [-0.15, -0.1) is 0 Å². The van der Waals surface area contributed by atoms with Gasteiger partial charge in [0, 0.05) is 6.54 Å². The lowest BCUT2D eigenvalue weighted by atomic mass is 10.0. The fraction of sp³-hybridized carbons (Fsp3) is 0.556. The predicted molar refractivity (Wildman–Crippen MR) is 93.4 cm³/mol. The fourth-order valence-electron chi connectivity index (χ4n) is 2.38. The molecule has 1 unspecified atom stereocenters. The Labute approximate surface area is 143 Å². The maximum atomic E-state index is 11.8. The first-order chi connectivity index (χ1) is 11.3. The minimum absolute atomic E-state index is 0.192. The van der Waals surface area contributed by atoms with Gasteiger partial charge in [-0.05, 0) is 43.7 Å². The molecule has 0 spiro atoms. The van der Waals surface area contributed by atoms with Crippen LogP contribution >= 0.6 is 0 Å². The van der Waals surface area contributed by atoms with Crippen LogP contribution in [-0.2, 0) is 4.79 Å². The summed E-state index contributed by atoms with van der Waals surface area (Å²) < 4.78 is 5.76. The third kappa shape index (κ3) is 6.89. The van der Waals surface area contributed by atoms with E-state index in [0.29, 0.717) is 26.0 Å². The predicted octanol–water partition coefficient (Wildman–Crippen LogP) is 2.87. The number of aryl methyl sites for hydroxylation is 2. The molecular formula is C18H28N2O4. The van der Waals surface area contributed by atoms with Crippen LogP contribution in [0.5, 0.6) is 5.75 Å². The highest BCUT2D eigenvalue weighted by Gasteiger charge is 2.20. The van der Waals surface area contributed by atoms with Gasteiger partial charge in [0.05, 0.1) is 6.61 Å². The third-order valence-electron chi connectivity index (χ3n) is 3.57.